The largest absolute Gasteiger partial charge is 0.456 e. The second-order valence-electron chi connectivity index (χ2n) is 19.6. The van der Waals surface area contributed by atoms with Crippen LogP contribution >= 0.6 is 0 Å². The van der Waals surface area contributed by atoms with E-state index in [1.807, 2.05) is 6.07 Å². The lowest BCUT2D eigenvalue weighted by molar-refractivity contribution is 0.669. The molecule has 0 saturated heterocycles. The Morgan fingerprint density at radius 2 is 0.760 bits per heavy atom. The van der Waals surface area contributed by atoms with Crippen molar-refractivity contribution in [2.24, 2.45) is 0 Å². The zero-order chi connectivity index (χ0) is 49.1. The van der Waals surface area contributed by atoms with Crippen molar-refractivity contribution in [3.8, 4) is 56.7 Å². The molecule has 0 N–H and O–H groups in total. The second-order valence-corrected chi connectivity index (χ2v) is 19.6. The van der Waals surface area contributed by atoms with Crippen LogP contribution in [-0.4, -0.2) is 24.1 Å². The number of benzene rings is 12. The summed E-state index contributed by atoms with van der Waals surface area (Å²) in [6.45, 7) is 0. The second kappa shape index (κ2) is 16.2. The molecule has 0 aliphatic carbocycles. The molecular formula is C69H41N5O. The Labute approximate surface area is 429 Å². The van der Waals surface area contributed by atoms with Crippen LogP contribution in [0.2, 0.25) is 0 Å². The third kappa shape index (κ3) is 6.56. The van der Waals surface area contributed by atoms with Gasteiger partial charge in [-0.3, -0.25) is 0 Å². The maximum Gasteiger partial charge on any atom is 0.164 e. The number of aromatic nitrogens is 5. The summed E-state index contributed by atoms with van der Waals surface area (Å²) < 4.78 is 11.5. The average Bonchev–Trinajstić information content (AvgIpc) is 4.18. The zero-order valence-corrected chi connectivity index (χ0v) is 40.3. The summed E-state index contributed by atoms with van der Waals surface area (Å²) in [6, 6.07) is 88.8. The van der Waals surface area contributed by atoms with Gasteiger partial charge in [-0.15, -0.1) is 0 Å². The van der Waals surface area contributed by atoms with Crippen LogP contribution in [0.3, 0.4) is 0 Å². The summed E-state index contributed by atoms with van der Waals surface area (Å²) >= 11 is 0. The topological polar surface area (TPSA) is 61.7 Å². The summed E-state index contributed by atoms with van der Waals surface area (Å²) in [6.07, 6.45) is 0. The minimum Gasteiger partial charge on any atom is -0.456 e. The molecule has 16 rings (SSSR count). The minimum absolute atomic E-state index is 0.578. The predicted octanol–water partition coefficient (Wildman–Crippen LogP) is 18.1. The first-order valence-corrected chi connectivity index (χ1v) is 25.4. The Bertz CT molecular complexity index is 4920. The van der Waals surface area contributed by atoms with Crippen LogP contribution in [0, 0.1) is 0 Å². The van der Waals surface area contributed by atoms with Crippen molar-refractivity contribution in [1.29, 1.82) is 0 Å². The Morgan fingerprint density at radius 1 is 0.253 bits per heavy atom. The monoisotopic (exact) mass is 955 g/mol. The molecule has 0 fully saturated rings. The van der Waals surface area contributed by atoms with Crippen LogP contribution in [-0.2, 0) is 0 Å². The summed E-state index contributed by atoms with van der Waals surface area (Å²) in [5.74, 6) is 1.77. The molecule has 75 heavy (non-hydrogen) atoms. The van der Waals surface area contributed by atoms with Gasteiger partial charge in [-0.05, 0) is 147 Å². The fourth-order valence-corrected chi connectivity index (χ4v) is 11.7. The molecule has 6 nitrogen and oxygen atoms in total. The van der Waals surface area contributed by atoms with Crippen LogP contribution in [0.5, 0.6) is 0 Å². The van der Waals surface area contributed by atoms with Gasteiger partial charge in [0.25, 0.3) is 0 Å². The van der Waals surface area contributed by atoms with Gasteiger partial charge in [-0.1, -0.05) is 146 Å². The van der Waals surface area contributed by atoms with Crippen LogP contribution < -0.4 is 0 Å². The summed E-state index contributed by atoms with van der Waals surface area (Å²) in [5, 5.41) is 13.9. The first kappa shape index (κ1) is 41.4. The number of hydrogen-bond donors (Lipinski definition) is 0. The summed E-state index contributed by atoms with van der Waals surface area (Å²) in [7, 11) is 0. The van der Waals surface area contributed by atoms with Crippen molar-refractivity contribution >= 4 is 97.9 Å². The zero-order valence-electron chi connectivity index (χ0n) is 40.3. The molecule has 4 heterocycles. The maximum absolute atomic E-state index is 6.71. The first-order chi connectivity index (χ1) is 37.1. The first-order valence-electron chi connectivity index (χ1n) is 25.4. The Morgan fingerprint density at radius 3 is 1.47 bits per heavy atom. The summed E-state index contributed by atoms with van der Waals surface area (Å²) in [4.78, 5) is 16.0. The maximum atomic E-state index is 6.71. The van der Waals surface area contributed by atoms with E-state index in [4.69, 9.17) is 19.4 Å². The molecule has 0 bridgehead atoms. The van der Waals surface area contributed by atoms with Crippen LogP contribution in [0.15, 0.2) is 253 Å². The quantitative estimate of drug-likeness (QED) is 0.167. The highest BCUT2D eigenvalue weighted by Gasteiger charge is 2.21. The standard InChI is InChI=1S/C69H41N5O/c1-3-14-42(15-4-1)44-20-13-21-49(34-44)67-70-68(50-27-31-61-56(37-50)54-24-11-12-25-60(54)73(61)52-22-5-2-6-23-52)72-69(71-67)51-29-32-64-59(38-51)66-55-41-53(30-26-43(55)28-33-65(66)75-64)74-62-39-47-18-9-7-16-45(47)35-57(62)58-36-46-17-8-10-19-48(46)40-63(58)74/h1-41H. The Balaban J connectivity index is 0.898. The fraction of sp³-hybridized carbons (Fsp3) is 0. The molecule has 0 atom stereocenters. The molecule has 0 aliphatic rings. The molecule has 0 radical (unpaired) electrons. The number of rotatable bonds is 6. The van der Waals surface area contributed by atoms with Crippen molar-refractivity contribution in [2.75, 3.05) is 0 Å². The van der Waals surface area contributed by atoms with Crippen molar-refractivity contribution in [3.05, 3.63) is 249 Å². The van der Waals surface area contributed by atoms with E-state index in [1.54, 1.807) is 0 Å². The van der Waals surface area contributed by atoms with E-state index in [1.165, 1.54) is 43.4 Å². The van der Waals surface area contributed by atoms with Crippen molar-refractivity contribution in [3.63, 3.8) is 0 Å². The van der Waals surface area contributed by atoms with Crippen molar-refractivity contribution in [1.82, 2.24) is 24.1 Å². The Hall–Kier alpha value is -10.2. The van der Waals surface area contributed by atoms with Gasteiger partial charge in [0, 0.05) is 60.4 Å². The molecule has 348 valence electrons. The van der Waals surface area contributed by atoms with Crippen LogP contribution in [0.4, 0.5) is 0 Å². The van der Waals surface area contributed by atoms with Gasteiger partial charge in [0.1, 0.15) is 11.2 Å². The molecule has 0 spiro atoms. The van der Waals surface area contributed by atoms with Crippen molar-refractivity contribution < 1.29 is 4.42 Å². The van der Waals surface area contributed by atoms with E-state index >= 15 is 0 Å². The van der Waals surface area contributed by atoms with Gasteiger partial charge in [0.2, 0.25) is 0 Å². The molecular weight excluding hydrogens is 915 g/mol. The highest BCUT2D eigenvalue weighted by molar-refractivity contribution is 6.21. The van der Waals surface area contributed by atoms with Crippen molar-refractivity contribution in [2.45, 2.75) is 0 Å². The molecule has 4 aromatic heterocycles. The van der Waals surface area contributed by atoms with Gasteiger partial charge in [0.15, 0.2) is 17.5 Å². The lowest BCUT2D eigenvalue weighted by atomic mass is 10.0. The SMILES string of the molecule is c1ccc(-c2cccc(-c3nc(-c4ccc5oc6ccc7ccc(-n8c9cc%10ccccc%10cc9c9cc%10ccccc%10cc98)cc7c6c5c4)nc(-c4ccc5c(c4)c4ccccc4n5-c4ccccc4)n3)c2)cc1. The van der Waals surface area contributed by atoms with E-state index in [-0.39, 0.29) is 0 Å². The van der Waals surface area contributed by atoms with E-state index < -0.39 is 0 Å². The molecule has 12 aromatic carbocycles. The molecule has 0 aliphatic heterocycles. The lowest BCUT2D eigenvalue weighted by Crippen LogP contribution is -2.00. The molecule has 0 unspecified atom stereocenters. The predicted molar refractivity (Wildman–Crippen MR) is 310 cm³/mol. The number of para-hydroxylation sites is 2. The number of hydrogen-bond acceptors (Lipinski definition) is 4. The lowest BCUT2D eigenvalue weighted by Gasteiger charge is -2.11. The van der Waals surface area contributed by atoms with E-state index in [2.05, 4.69) is 252 Å². The van der Waals surface area contributed by atoms with Gasteiger partial charge in [-0.2, -0.15) is 0 Å². The number of nitrogens with zero attached hydrogens (tertiary/aromatic N) is 5. The van der Waals surface area contributed by atoms with E-state index in [9.17, 15) is 0 Å². The van der Waals surface area contributed by atoms with Gasteiger partial charge >= 0.3 is 0 Å². The highest BCUT2D eigenvalue weighted by atomic mass is 16.3. The van der Waals surface area contributed by atoms with E-state index in [0.29, 0.717) is 17.5 Å². The van der Waals surface area contributed by atoms with Crippen LogP contribution in [0.1, 0.15) is 0 Å². The molecule has 0 amide bonds. The highest BCUT2D eigenvalue weighted by Crippen LogP contribution is 2.42. The van der Waals surface area contributed by atoms with Crippen LogP contribution in [0.25, 0.3) is 155 Å². The van der Waals surface area contributed by atoms with Gasteiger partial charge in [-0.25, -0.2) is 15.0 Å². The average molecular weight is 956 g/mol. The molecule has 0 saturated carbocycles. The number of fused-ring (bicyclic) bond motifs is 13. The van der Waals surface area contributed by atoms with Gasteiger partial charge < -0.3 is 13.6 Å². The fourth-order valence-electron chi connectivity index (χ4n) is 11.7. The third-order valence-electron chi connectivity index (χ3n) is 15.3. The smallest absolute Gasteiger partial charge is 0.164 e. The van der Waals surface area contributed by atoms with E-state index in [0.717, 1.165) is 93.7 Å². The molecule has 6 heteroatoms. The third-order valence-corrected chi connectivity index (χ3v) is 15.3. The van der Waals surface area contributed by atoms with Gasteiger partial charge in [0.05, 0.1) is 22.1 Å². The Kier molecular flexibility index (Phi) is 8.94. The minimum atomic E-state index is 0.578. The molecule has 16 aromatic rings. The summed E-state index contributed by atoms with van der Waals surface area (Å²) in [5.41, 5.74) is 13.3. The normalized spacial score (nSPS) is 12.0. The number of furan rings is 1.